The van der Waals surface area contributed by atoms with Gasteiger partial charge in [0, 0.05) is 6.61 Å². The van der Waals surface area contributed by atoms with Crippen LogP contribution in [0.1, 0.15) is 19.3 Å². The van der Waals surface area contributed by atoms with Crippen molar-refractivity contribution >= 4 is 32.0 Å². The third kappa shape index (κ3) is 3.15. The molecule has 154 valence electrons. The maximum absolute atomic E-state index is 7.08. The van der Waals surface area contributed by atoms with Crippen molar-refractivity contribution in [3.8, 4) is 0 Å². The van der Waals surface area contributed by atoms with Crippen molar-refractivity contribution in [1.82, 2.24) is 0 Å². The van der Waals surface area contributed by atoms with E-state index in [9.17, 15) is 0 Å². The van der Waals surface area contributed by atoms with Gasteiger partial charge in [0.05, 0.1) is 8.07 Å². The first-order chi connectivity index (χ1) is 14.6. The first-order valence-corrected chi connectivity index (χ1v) is 16.5. The molecule has 0 radical (unpaired) electrons. The van der Waals surface area contributed by atoms with Crippen molar-refractivity contribution in [2.75, 3.05) is 6.61 Å². The molecule has 3 aromatic rings. The SMILES string of the molecule is C[Si](C)(c1ccccc1)[C@H]1CCC[C@H]2CO[Si](c3ccccc3)(c3ccccc3)[C@H]21. The van der Waals surface area contributed by atoms with E-state index in [4.69, 9.17) is 4.43 Å². The van der Waals surface area contributed by atoms with E-state index in [2.05, 4.69) is 104 Å². The summed E-state index contributed by atoms with van der Waals surface area (Å²) >= 11 is 0. The summed E-state index contributed by atoms with van der Waals surface area (Å²) in [6, 6.07) is 33.9. The van der Waals surface area contributed by atoms with Crippen molar-refractivity contribution in [3.63, 3.8) is 0 Å². The fraction of sp³-hybridized carbons (Fsp3) is 0.333. The lowest BCUT2D eigenvalue weighted by Gasteiger charge is -2.47. The number of benzene rings is 3. The molecule has 2 aliphatic rings. The van der Waals surface area contributed by atoms with E-state index in [1.165, 1.54) is 29.6 Å². The molecule has 1 aliphatic heterocycles. The van der Waals surface area contributed by atoms with Crippen molar-refractivity contribution in [2.24, 2.45) is 5.92 Å². The van der Waals surface area contributed by atoms with Gasteiger partial charge in [-0.3, -0.25) is 0 Å². The lowest BCUT2D eigenvalue weighted by molar-refractivity contribution is 0.274. The summed E-state index contributed by atoms with van der Waals surface area (Å²) in [5, 5.41) is 4.54. The maximum Gasteiger partial charge on any atom is 0.259 e. The van der Waals surface area contributed by atoms with E-state index in [-0.39, 0.29) is 0 Å². The summed E-state index contributed by atoms with van der Waals surface area (Å²) in [6.07, 6.45) is 4.04. The zero-order valence-corrected chi connectivity index (χ0v) is 20.1. The summed E-state index contributed by atoms with van der Waals surface area (Å²) in [5.41, 5.74) is 1.42. The second-order valence-corrected chi connectivity index (χ2v) is 18.0. The van der Waals surface area contributed by atoms with Crippen LogP contribution in [0.25, 0.3) is 0 Å². The van der Waals surface area contributed by atoms with Crippen LogP contribution in [-0.2, 0) is 4.43 Å². The first-order valence-electron chi connectivity index (χ1n) is 11.4. The molecule has 0 aromatic heterocycles. The molecule has 0 N–H and O–H groups in total. The van der Waals surface area contributed by atoms with Gasteiger partial charge in [0.1, 0.15) is 0 Å². The highest BCUT2D eigenvalue weighted by Crippen LogP contribution is 2.56. The summed E-state index contributed by atoms with van der Waals surface area (Å²) in [6.45, 7) is 6.17. The Morgan fingerprint density at radius 3 is 1.83 bits per heavy atom. The first kappa shape index (κ1) is 20.0. The average molecular weight is 429 g/mol. The Hall–Kier alpha value is -1.95. The largest absolute Gasteiger partial charge is 0.407 e. The highest BCUT2D eigenvalue weighted by molar-refractivity contribution is 7.01. The molecule has 1 saturated heterocycles. The molecule has 1 aliphatic carbocycles. The zero-order valence-electron chi connectivity index (χ0n) is 18.1. The van der Waals surface area contributed by atoms with Gasteiger partial charge in [-0.2, -0.15) is 0 Å². The topological polar surface area (TPSA) is 9.23 Å². The number of hydrogen-bond donors (Lipinski definition) is 0. The fourth-order valence-electron chi connectivity index (χ4n) is 6.41. The summed E-state index contributed by atoms with van der Waals surface area (Å²) in [5.74, 6) is 0.700. The smallest absolute Gasteiger partial charge is 0.259 e. The molecule has 2 fully saturated rings. The van der Waals surface area contributed by atoms with Crippen LogP contribution in [0.3, 0.4) is 0 Å². The van der Waals surface area contributed by atoms with Gasteiger partial charge < -0.3 is 4.43 Å². The van der Waals surface area contributed by atoms with E-state index < -0.39 is 16.4 Å². The maximum atomic E-state index is 7.08. The number of rotatable bonds is 4. The van der Waals surface area contributed by atoms with Crippen LogP contribution < -0.4 is 15.6 Å². The van der Waals surface area contributed by atoms with Crippen molar-refractivity contribution in [3.05, 3.63) is 91.0 Å². The Bertz CT molecular complexity index is 932. The van der Waals surface area contributed by atoms with E-state index >= 15 is 0 Å². The highest BCUT2D eigenvalue weighted by atomic mass is 28.4. The minimum absolute atomic E-state index is 0.665. The quantitative estimate of drug-likeness (QED) is 0.535. The van der Waals surface area contributed by atoms with E-state index in [0.29, 0.717) is 11.5 Å². The molecule has 30 heavy (non-hydrogen) atoms. The minimum atomic E-state index is -2.32. The van der Waals surface area contributed by atoms with Gasteiger partial charge in [-0.15, -0.1) is 0 Å². The molecule has 1 heterocycles. The second kappa shape index (κ2) is 7.95. The molecule has 5 rings (SSSR count). The van der Waals surface area contributed by atoms with Crippen LogP contribution >= 0.6 is 0 Å². The van der Waals surface area contributed by atoms with Crippen LogP contribution in [-0.4, -0.2) is 23.0 Å². The average Bonchev–Trinajstić information content (AvgIpc) is 3.21. The Kier molecular flexibility index (Phi) is 5.30. The van der Waals surface area contributed by atoms with Crippen LogP contribution in [0.4, 0.5) is 0 Å². The molecule has 3 aromatic carbocycles. The Morgan fingerprint density at radius 2 is 1.27 bits per heavy atom. The standard InChI is InChI=1S/C27H32OSi2/c1-29(2,23-14-6-3-7-15-23)26-20-12-13-22-21-28-30(27(22)26,24-16-8-4-9-17-24)25-18-10-5-11-19-25/h3-11,14-19,22,26-27H,12-13,20-21H2,1-2H3/t22-,26-,27+/m0/s1. The lowest BCUT2D eigenvalue weighted by Crippen LogP contribution is -2.65. The molecule has 1 nitrogen and oxygen atoms in total. The van der Waals surface area contributed by atoms with E-state index in [1.54, 1.807) is 5.19 Å². The monoisotopic (exact) mass is 428 g/mol. The predicted octanol–water partition coefficient (Wildman–Crippen LogP) is 4.93. The van der Waals surface area contributed by atoms with Crippen molar-refractivity contribution < 1.29 is 4.43 Å². The summed E-state index contributed by atoms with van der Waals surface area (Å²) in [7, 11) is -3.98. The Balaban J connectivity index is 1.69. The molecule has 0 spiro atoms. The Morgan fingerprint density at radius 1 is 0.733 bits per heavy atom. The van der Waals surface area contributed by atoms with Gasteiger partial charge in [-0.05, 0) is 33.8 Å². The van der Waals surface area contributed by atoms with Gasteiger partial charge in [0.25, 0.3) is 8.32 Å². The molecular formula is C27H32OSi2. The molecule has 0 amide bonds. The third-order valence-corrected chi connectivity index (χ3v) is 17.3. The van der Waals surface area contributed by atoms with Gasteiger partial charge >= 0.3 is 0 Å². The van der Waals surface area contributed by atoms with Crippen molar-refractivity contribution in [2.45, 2.75) is 43.4 Å². The normalized spacial score (nSPS) is 25.6. The van der Waals surface area contributed by atoms with Gasteiger partial charge in [0.2, 0.25) is 0 Å². The molecule has 3 heteroatoms. The number of fused-ring (bicyclic) bond motifs is 1. The number of hydrogen-bond acceptors (Lipinski definition) is 1. The lowest BCUT2D eigenvalue weighted by atomic mass is 9.89. The van der Waals surface area contributed by atoms with Gasteiger partial charge in [-0.1, -0.05) is 122 Å². The summed E-state index contributed by atoms with van der Waals surface area (Å²) < 4.78 is 7.08. The van der Waals surface area contributed by atoms with Crippen LogP contribution in [0.2, 0.25) is 24.2 Å². The molecular weight excluding hydrogens is 396 g/mol. The van der Waals surface area contributed by atoms with Crippen molar-refractivity contribution in [1.29, 1.82) is 0 Å². The van der Waals surface area contributed by atoms with E-state index in [1.807, 2.05) is 0 Å². The van der Waals surface area contributed by atoms with Crippen LogP contribution in [0.5, 0.6) is 0 Å². The predicted molar refractivity (Wildman–Crippen MR) is 132 cm³/mol. The molecule has 0 unspecified atom stereocenters. The highest BCUT2D eigenvalue weighted by Gasteiger charge is 2.61. The Labute approximate surface area is 183 Å². The van der Waals surface area contributed by atoms with Gasteiger partial charge in [0.15, 0.2) is 0 Å². The second-order valence-electron chi connectivity index (χ2n) is 9.69. The minimum Gasteiger partial charge on any atom is -0.407 e. The molecule has 0 bridgehead atoms. The van der Waals surface area contributed by atoms with Crippen LogP contribution in [0.15, 0.2) is 91.0 Å². The molecule has 1 saturated carbocycles. The van der Waals surface area contributed by atoms with Gasteiger partial charge in [-0.25, -0.2) is 0 Å². The zero-order chi connectivity index (χ0) is 20.6. The fourth-order valence-corrected chi connectivity index (χ4v) is 17.1. The van der Waals surface area contributed by atoms with E-state index in [0.717, 1.165) is 12.1 Å². The third-order valence-electron chi connectivity index (χ3n) is 7.88. The summed E-state index contributed by atoms with van der Waals surface area (Å²) in [4.78, 5) is 0. The molecule has 3 atom stereocenters. The van der Waals surface area contributed by atoms with Crippen LogP contribution in [0, 0.1) is 5.92 Å².